The van der Waals surface area contributed by atoms with Crippen molar-refractivity contribution in [3.8, 4) is 0 Å². The van der Waals surface area contributed by atoms with Gasteiger partial charge in [0.1, 0.15) is 5.54 Å². The molecule has 0 unspecified atom stereocenters. The first-order valence-electron chi connectivity index (χ1n) is 5.99. The third-order valence-electron chi connectivity index (χ3n) is 3.15. The summed E-state index contributed by atoms with van der Waals surface area (Å²) in [5, 5.41) is 23.3. The van der Waals surface area contributed by atoms with Crippen molar-refractivity contribution in [2.45, 2.75) is 32.7 Å². The molecule has 1 N–H and O–H groups in total. The molecule has 1 atom stereocenters. The molecule has 1 aliphatic rings. The minimum atomic E-state index is -0.986. The molecular weight excluding hydrogens is 232 g/mol. The summed E-state index contributed by atoms with van der Waals surface area (Å²) in [4.78, 5) is 0. The summed E-state index contributed by atoms with van der Waals surface area (Å²) in [6.45, 7) is 5.73. The maximum atomic E-state index is 12.3. The smallest absolute Gasteiger partial charge is 0.355 e. The van der Waals surface area contributed by atoms with Crippen LogP contribution < -0.4 is 0 Å². The lowest BCUT2D eigenvalue weighted by Crippen LogP contribution is -2.47. The topological polar surface area (TPSA) is 58.8 Å². The summed E-state index contributed by atoms with van der Waals surface area (Å²) in [6, 6.07) is 9.32. The number of rotatable bonds is 3. The van der Waals surface area contributed by atoms with E-state index >= 15 is 0 Å². The van der Waals surface area contributed by atoms with E-state index in [1.54, 1.807) is 20.8 Å². The molecule has 5 nitrogen and oxygen atoms in total. The quantitative estimate of drug-likeness (QED) is 0.656. The zero-order valence-corrected chi connectivity index (χ0v) is 10.8. The molecule has 0 bridgehead atoms. The molecule has 5 heteroatoms. The van der Waals surface area contributed by atoms with Crippen LogP contribution in [-0.4, -0.2) is 39.2 Å². The number of hydrogen-bond donors (Lipinski definition) is 1. The Morgan fingerprint density at radius 1 is 1.39 bits per heavy atom. The van der Waals surface area contributed by atoms with Crippen LogP contribution in [0.25, 0.3) is 0 Å². The van der Waals surface area contributed by atoms with Gasteiger partial charge >= 0.3 is 6.35 Å². The van der Waals surface area contributed by atoms with E-state index in [0.29, 0.717) is 12.3 Å². The molecule has 0 saturated heterocycles. The summed E-state index contributed by atoms with van der Waals surface area (Å²) in [5.74, 6) is 0. The minimum Gasteiger partial charge on any atom is -0.620 e. The molecule has 1 aliphatic heterocycles. The average molecular weight is 250 g/mol. The van der Waals surface area contributed by atoms with Crippen molar-refractivity contribution >= 4 is 5.71 Å². The van der Waals surface area contributed by atoms with E-state index in [2.05, 4.69) is 0 Å². The summed E-state index contributed by atoms with van der Waals surface area (Å²) in [6.07, 6.45) is -0.986. The number of hydroxylamine groups is 3. The number of ether oxygens (including phenoxy) is 1. The molecule has 1 aromatic carbocycles. The highest BCUT2D eigenvalue weighted by Crippen LogP contribution is 2.29. The van der Waals surface area contributed by atoms with Gasteiger partial charge in [0.15, 0.2) is 0 Å². The lowest BCUT2D eigenvalue weighted by molar-refractivity contribution is -0.596. The third-order valence-corrected chi connectivity index (χ3v) is 3.15. The lowest BCUT2D eigenvalue weighted by atomic mass is 9.93. The van der Waals surface area contributed by atoms with Crippen LogP contribution in [0, 0.1) is 5.21 Å². The maximum absolute atomic E-state index is 12.3. The Bertz CT molecular complexity index is 457. The molecule has 0 aliphatic carbocycles. The first-order valence-corrected chi connectivity index (χ1v) is 5.99. The first-order chi connectivity index (χ1) is 8.50. The van der Waals surface area contributed by atoms with E-state index in [0.717, 1.165) is 15.4 Å². The molecule has 0 fully saturated rings. The van der Waals surface area contributed by atoms with Crippen LogP contribution in [0.5, 0.6) is 0 Å². The largest absolute Gasteiger partial charge is 0.620 e. The molecule has 0 aromatic heterocycles. The van der Waals surface area contributed by atoms with E-state index in [9.17, 15) is 10.4 Å². The highest BCUT2D eigenvalue weighted by atomic mass is 16.7. The summed E-state index contributed by atoms with van der Waals surface area (Å²) in [5.41, 5.74) is 0.506. The molecule has 1 heterocycles. The molecule has 0 radical (unpaired) electrons. The van der Waals surface area contributed by atoms with Crippen molar-refractivity contribution in [3.05, 3.63) is 41.1 Å². The van der Waals surface area contributed by atoms with E-state index in [1.807, 2.05) is 30.3 Å². The number of nitrogens with zero attached hydrogens (tertiary/aromatic N) is 2. The van der Waals surface area contributed by atoms with Crippen molar-refractivity contribution < 1.29 is 14.7 Å². The molecule has 0 amide bonds. The van der Waals surface area contributed by atoms with Crippen LogP contribution in [0.2, 0.25) is 0 Å². The molecule has 18 heavy (non-hydrogen) atoms. The van der Waals surface area contributed by atoms with Crippen LogP contribution in [-0.2, 0) is 4.74 Å². The predicted molar refractivity (Wildman–Crippen MR) is 67.3 cm³/mol. The molecule has 1 aromatic rings. The summed E-state index contributed by atoms with van der Waals surface area (Å²) < 4.78 is 6.02. The van der Waals surface area contributed by atoms with E-state index in [1.165, 1.54) is 0 Å². The molecular formula is C13H18N2O3. The standard InChI is InChI=1S/C13H18N2O3/c1-4-18-12-14(16)11(13(2,3)15(12)17)10-8-6-5-7-9-10/h5-9,12,17H,4H2,1-3H3/t12-/m1/s1. The summed E-state index contributed by atoms with van der Waals surface area (Å²) >= 11 is 0. The van der Waals surface area contributed by atoms with Crippen LogP contribution in [0.1, 0.15) is 26.3 Å². The monoisotopic (exact) mass is 250 g/mol. The fraction of sp³-hybridized carbons (Fsp3) is 0.462. The normalized spacial score (nSPS) is 23.7. The fourth-order valence-electron chi connectivity index (χ4n) is 2.23. The predicted octanol–water partition coefficient (Wildman–Crippen LogP) is 1.79. The number of hydrogen-bond acceptors (Lipinski definition) is 4. The van der Waals surface area contributed by atoms with Crippen LogP contribution in [0.4, 0.5) is 0 Å². The van der Waals surface area contributed by atoms with Gasteiger partial charge < -0.3 is 15.2 Å². The second-order valence-corrected chi connectivity index (χ2v) is 4.73. The van der Waals surface area contributed by atoms with Crippen LogP contribution >= 0.6 is 0 Å². The third kappa shape index (κ3) is 1.90. The lowest BCUT2D eigenvalue weighted by Gasteiger charge is -2.24. The maximum Gasteiger partial charge on any atom is 0.355 e. The van der Waals surface area contributed by atoms with Gasteiger partial charge in [-0.1, -0.05) is 23.3 Å². The van der Waals surface area contributed by atoms with Gasteiger partial charge in [0.05, 0.1) is 6.61 Å². The van der Waals surface area contributed by atoms with Crippen LogP contribution in [0.15, 0.2) is 30.3 Å². The minimum absolute atomic E-state index is 0.360. The highest BCUT2D eigenvalue weighted by molar-refractivity contribution is 6.04. The van der Waals surface area contributed by atoms with Gasteiger partial charge in [-0.2, -0.15) is 4.74 Å². The first kappa shape index (κ1) is 13.0. The van der Waals surface area contributed by atoms with Crippen molar-refractivity contribution in [1.82, 2.24) is 5.06 Å². The van der Waals surface area contributed by atoms with Crippen molar-refractivity contribution in [2.24, 2.45) is 0 Å². The van der Waals surface area contributed by atoms with Gasteiger partial charge in [0.25, 0.3) is 0 Å². The van der Waals surface area contributed by atoms with E-state index < -0.39 is 11.9 Å². The van der Waals surface area contributed by atoms with Crippen molar-refractivity contribution in [2.75, 3.05) is 6.61 Å². The zero-order valence-electron chi connectivity index (χ0n) is 10.8. The molecule has 2 rings (SSSR count). The zero-order chi connectivity index (χ0) is 13.3. The highest BCUT2D eigenvalue weighted by Gasteiger charge is 2.52. The Kier molecular flexibility index (Phi) is 3.38. The summed E-state index contributed by atoms with van der Waals surface area (Å²) in [7, 11) is 0. The Labute approximate surface area is 106 Å². The molecule has 98 valence electrons. The van der Waals surface area contributed by atoms with Gasteiger partial charge in [-0.25, -0.2) is 0 Å². The van der Waals surface area contributed by atoms with E-state index in [4.69, 9.17) is 4.74 Å². The Morgan fingerprint density at radius 2 is 2.00 bits per heavy atom. The van der Waals surface area contributed by atoms with Crippen molar-refractivity contribution in [3.63, 3.8) is 0 Å². The molecule has 0 spiro atoms. The van der Waals surface area contributed by atoms with Crippen LogP contribution in [0.3, 0.4) is 0 Å². The SMILES string of the molecule is CCO[C@H]1N(O)C(C)(C)C(c2ccccc2)=[N+]1[O-]. The van der Waals surface area contributed by atoms with Gasteiger partial charge in [-0.15, -0.1) is 0 Å². The van der Waals surface area contributed by atoms with Gasteiger partial charge in [-0.3, -0.25) is 0 Å². The second-order valence-electron chi connectivity index (χ2n) is 4.73. The Balaban J connectivity index is 2.49. The van der Waals surface area contributed by atoms with Crippen molar-refractivity contribution in [1.29, 1.82) is 0 Å². The fourth-order valence-corrected chi connectivity index (χ4v) is 2.23. The molecule has 0 saturated carbocycles. The Morgan fingerprint density at radius 3 is 2.56 bits per heavy atom. The van der Waals surface area contributed by atoms with Gasteiger partial charge in [0.2, 0.25) is 5.71 Å². The van der Waals surface area contributed by atoms with E-state index in [-0.39, 0.29) is 0 Å². The average Bonchev–Trinajstić information content (AvgIpc) is 2.51. The second kappa shape index (κ2) is 4.68. The number of benzene rings is 1. The Hall–Kier alpha value is -1.43. The van der Waals surface area contributed by atoms with Gasteiger partial charge in [-0.05, 0) is 32.9 Å². The van der Waals surface area contributed by atoms with Gasteiger partial charge in [0, 0.05) is 5.56 Å².